The molecule has 0 saturated carbocycles. The fourth-order valence-electron chi connectivity index (χ4n) is 4.22. The van der Waals surface area contributed by atoms with Gasteiger partial charge in [-0.15, -0.1) is 0 Å². The molecule has 0 bridgehead atoms. The average molecular weight is 375 g/mol. The lowest BCUT2D eigenvalue weighted by atomic mass is 9.71. The largest absolute Gasteiger partial charge is 0.494 e. The van der Waals surface area contributed by atoms with Gasteiger partial charge in [0, 0.05) is 25.7 Å². The van der Waals surface area contributed by atoms with Gasteiger partial charge < -0.3 is 25.4 Å². The van der Waals surface area contributed by atoms with Crippen molar-refractivity contribution in [2.24, 2.45) is 11.1 Å². The van der Waals surface area contributed by atoms with Gasteiger partial charge in [0.1, 0.15) is 5.75 Å². The van der Waals surface area contributed by atoms with Gasteiger partial charge in [-0.25, -0.2) is 0 Å². The molecule has 1 aromatic rings. The first-order valence-corrected chi connectivity index (χ1v) is 9.58. The molecular formula is C20H29N3O4. The van der Waals surface area contributed by atoms with E-state index in [1.165, 1.54) is 0 Å². The summed E-state index contributed by atoms with van der Waals surface area (Å²) >= 11 is 0. The summed E-state index contributed by atoms with van der Waals surface area (Å²) in [6.07, 6.45) is 2.69. The molecule has 2 amide bonds. The lowest BCUT2D eigenvalue weighted by molar-refractivity contribution is -0.154. The minimum absolute atomic E-state index is 0.190. The summed E-state index contributed by atoms with van der Waals surface area (Å²) in [5.41, 5.74) is 5.32. The van der Waals surface area contributed by atoms with Crippen LogP contribution in [0.3, 0.4) is 0 Å². The Kier molecular flexibility index (Phi) is 6.01. The standard InChI is InChI=1S/C20H29N3O4/c1-22-14-16(24)13-20(19(22)26)7-10-23(11-8-20)9-2-12-27-17-5-3-15(4-6-17)18(21)25/h3-6,16,24H,2,7-14H2,1H3,(H2,21,25). The summed E-state index contributed by atoms with van der Waals surface area (Å²) in [6, 6.07) is 6.82. The van der Waals surface area contributed by atoms with Crippen molar-refractivity contribution < 1.29 is 19.4 Å². The highest BCUT2D eigenvalue weighted by molar-refractivity contribution is 5.92. The molecule has 3 N–H and O–H groups in total. The van der Waals surface area contributed by atoms with Crippen LogP contribution in [-0.4, -0.2) is 72.7 Å². The molecule has 0 aromatic heterocycles. The van der Waals surface area contributed by atoms with E-state index in [1.54, 1.807) is 36.2 Å². The first kappa shape index (κ1) is 19.6. The van der Waals surface area contributed by atoms with Crippen molar-refractivity contribution in [3.8, 4) is 5.75 Å². The molecule has 27 heavy (non-hydrogen) atoms. The highest BCUT2D eigenvalue weighted by atomic mass is 16.5. The Morgan fingerprint density at radius 2 is 1.96 bits per heavy atom. The van der Waals surface area contributed by atoms with Gasteiger partial charge in [0.15, 0.2) is 0 Å². The molecular weight excluding hydrogens is 346 g/mol. The maximum absolute atomic E-state index is 12.6. The number of nitrogens with zero attached hydrogens (tertiary/aromatic N) is 2. The van der Waals surface area contributed by atoms with E-state index >= 15 is 0 Å². The van der Waals surface area contributed by atoms with E-state index in [-0.39, 0.29) is 11.3 Å². The monoisotopic (exact) mass is 375 g/mol. The number of hydrogen-bond acceptors (Lipinski definition) is 5. The third-order valence-corrected chi connectivity index (χ3v) is 5.75. The molecule has 1 unspecified atom stereocenters. The van der Waals surface area contributed by atoms with Crippen molar-refractivity contribution in [3.05, 3.63) is 29.8 Å². The normalized spacial score (nSPS) is 22.8. The predicted molar refractivity (Wildman–Crippen MR) is 101 cm³/mol. The Bertz CT molecular complexity index is 668. The van der Waals surface area contributed by atoms with E-state index in [0.29, 0.717) is 25.1 Å². The van der Waals surface area contributed by atoms with Gasteiger partial charge in [-0.3, -0.25) is 9.59 Å². The summed E-state index contributed by atoms with van der Waals surface area (Å²) in [6.45, 7) is 3.71. The lowest BCUT2D eigenvalue weighted by Crippen LogP contribution is -2.56. The first-order valence-electron chi connectivity index (χ1n) is 9.58. The number of aliphatic hydroxyl groups is 1. The Balaban J connectivity index is 1.40. The predicted octanol–water partition coefficient (Wildman–Crippen LogP) is 0.860. The Labute approximate surface area is 160 Å². The summed E-state index contributed by atoms with van der Waals surface area (Å²) in [5.74, 6) is 0.470. The number of aliphatic hydroxyl groups excluding tert-OH is 1. The molecule has 2 heterocycles. The van der Waals surface area contributed by atoms with Crippen LogP contribution in [0.4, 0.5) is 0 Å². The second kappa shape index (κ2) is 8.27. The van der Waals surface area contributed by atoms with Crippen molar-refractivity contribution in [2.75, 3.05) is 39.8 Å². The third-order valence-electron chi connectivity index (χ3n) is 5.75. The number of piperidine rings is 2. The second-order valence-corrected chi connectivity index (χ2v) is 7.76. The minimum Gasteiger partial charge on any atom is -0.494 e. The van der Waals surface area contributed by atoms with Crippen LogP contribution in [0.2, 0.25) is 0 Å². The molecule has 2 aliphatic rings. The van der Waals surface area contributed by atoms with Gasteiger partial charge in [-0.2, -0.15) is 0 Å². The Hall–Kier alpha value is -2.12. The summed E-state index contributed by atoms with van der Waals surface area (Å²) in [4.78, 5) is 27.7. The Morgan fingerprint density at radius 3 is 2.59 bits per heavy atom. The zero-order valence-corrected chi connectivity index (χ0v) is 15.9. The molecule has 0 radical (unpaired) electrons. The van der Waals surface area contributed by atoms with Gasteiger partial charge in [0.2, 0.25) is 11.8 Å². The van der Waals surface area contributed by atoms with Crippen LogP contribution in [0.5, 0.6) is 5.75 Å². The van der Waals surface area contributed by atoms with E-state index < -0.39 is 12.0 Å². The van der Waals surface area contributed by atoms with Crippen LogP contribution in [0.25, 0.3) is 0 Å². The number of amides is 2. The number of rotatable bonds is 6. The first-order chi connectivity index (χ1) is 12.9. The number of carbonyl (C=O) groups excluding carboxylic acids is 2. The van der Waals surface area contributed by atoms with Crippen LogP contribution in [-0.2, 0) is 4.79 Å². The van der Waals surface area contributed by atoms with Gasteiger partial charge in [-0.05, 0) is 63.0 Å². The van der Waals surface area contributed by atoms with E-state index in [0.717, 1.165) is 44.6 Å². The number of likely N-dealkylation sites (N-methyl/N-ethyl adjacent to an activating group) is 1. The Morgan fingerprint density at radius 1 is 1.30 bits per heavy atom. The molecule has 2 saturated heterocycles. The van der Waals surface area contributed by atoms with E-state index in [9.17, 15) is 14.7 Å². The molecule has 7 nitrogen and oxygen atoms in total. The lowest BCUT2D eigenvalue weighted by Gasteiger charge is -2.47. The quantitative estimate of drug-likeness (QED) is 0.719. The fraction of sp³-hybridized carbons (Fsp3) is 0.600. The van der Waals surface area contributed by atoms with E-state index in [1.807, 2.05) is 0 Å². The van der Waals surface area contributed by atoms with Crippen molar-refractivity contribution >= 4 is 11.8 Å². The van der Waals surface area contributed by atoms with Crippen molar-refractivity contribution in [3.63, 3.8) is 0 Å². The number of primary amides is 1. The van der Waals surface area contributed by atoms with Gasteiger partial charge in [0.05, 0.1) is 18.1 Å². The van der Waals surface area contributed by atoms with E-state index in [2.05, 4.69) is 4.90 Å². The summed E-state index contributed by atoms with van der Waals surface area (Å²) in [7, 11) is 1.78. The highest BCUT2D eigenvalue weighted by Crippen LogP contribution is 2.40. The molecule has 1 aromatic carbocycles. The van der Waals surface area contributed by atoms with Crippen LogP contribution >= 0.6 is 0 Å². The van der Waals surface area contributed by atoms with Crippen molar-refractivity contribution in [2.45, 2.75) is 31.8 Å². The number of hydrogen-bond donors (Lipinski definition) is 2. The number of carbonyl (C=O) groups is 2. The maximum atomic E-state index is 12.6. The van der Waals surface area contributed by atoms with Crippen LogP contribution in [0.1, 0.15) is 36.0 Å². The average Bonchev–Trinajstić information content (AvgIpc) is 2.65. The van der Waals surface area contributed by atoms with Gasteiger partial charge in [-0.1, -0.05) is 0 Å². The molecule has 0 aliphatic carbocycles. The molecule has 2 fully saturated rings. The maximum Gasteiger partial charge on any atom is 0.248 e. The fourth-order valence-corrected chi connectivity index (χ4v) is 4.22. The van der Waals surface area contributed by atoms with Gasteiger partial charge >= 0.3 is 0 Å². The number of β-amino-alcohol motifs (C(OH)–C–C–N with tert-alkyl or cyclic N) is 1. The van der Waals surface area contributed by atoms with Crippen LogP contribution in [0.15, 0.2) is 24.3 Å². The molecule has 7 heteroatoms. The highest BCUT2D eigenvalue weighted by Gasteiger charge is 2.47. The van der Waals surface area contributed by atoms with Crippen molar-refractivity contribution in [1.29, 1.82) is 0 Å². The molecule has 148 valence electrons. The van der Waals surface area contributed by atoms with Crippen molar-refractivity contribution in [1.82, 2.24) is 9.80 Å². The number of ether oxygens (including phenoxy) is 1. The van der Waals surface area contributed by atoms with Crippen LogP contribution in [0, 0.1) is 5.41 Å². The molecule has 1 atom stereocenters. The zero-order chi connectivity index (χ0) is 19.4. The number of nitrogens with two attached hydrogens (primary N) is 1. The van der Waals surface area contributed by atoms with Gasteiger partial charge in [0.25, 0.3) is 0 Å². The van der Waals surface area contributed by atoms with Crippen LogP contribution < -0.4 is 10.5 Å². The molecule has 3 rings (SSSR count). The smallest absolute Gasteiger partial charge is 0.248 e. The second-order valence-electron chi connectivity index (χ2n) is 7.76. The SMILES string of the molecule is CN1CC(O)CC2(CCN(CCCOc3ccc(C(N)=O)cc3)CC2)C1=O. The summed E-state index contributed by atoms with van der Waals surface area (Å²) in [5, 5.41) is 10.1. The van der Waals surface area contributed by atoms with E-state index in [4.69, 9.17) is 10.5 Å². The minimum atomic E-state index is -0.445. The number of benzene rings is 1. The topological polar surface area (TPSA) is 96.1 Å². The molecule has 2 aliphatic heterocycles. The summed E-state index contributed by atoms with van der Waals surface area (Å²) < 4.78 is 5.71. The number of likely N-dealkylation sites (tertiary alicyclic amines) is 2. The third kappa shape index (κ3) is 4.59. The molecule has 1 spiro atoms. The zero-order valence-electron chi connectivity index (χ0n) is 15.9.